The summed E-state index contributed by atoms with van der Waals surface area (Å²) in [6, 6.07) is 5.79. The molecule has 0 saturated heterocycles. The molecular weight excluding hydrogens is 229 g/mol. The highest BCUT2D eigenvalue weighted by molar-refractivity contribution is 6.35. The maximum absolute atomic E-state index is 6.07. The number of halogens is 2. The Morgan fingerprint density at radius 1 is 1.20 bits per heavy atom. The fraction of sp³-hybridized carbons (Fsp3) is 0.500. The van der Waals surface area contributed by atoms with Crippen LogP contribution < -0.4 is 5.73 Å². The molecule has 0 saturated carbocycles. The molecule has 0 aliphatic rings. The third-order valence-corrected chi connectivity index (χ3v) is 3.35. The molecule has 0 bridgehead atoms. The first-order valence-corrected chi connectivity index (χ1v) is 5.96. The smallest absolute Gasteiger partial charge is 0.0452 e. The van der Waals surface area contributed by atoms with E-state index in [2.05, 4.69) is 13.8 Å². The van der Waals surface area contributed by atoms with Gasteiger partial charge in [-0.1, -0.05) is 43.1 Å². The van der Waals surface area contributed by atoms with Crippen LogP contribution in [-0.2, 0) is 6.42 Å². The van der Waals surface area contributed by atoms with E-state index in [4.69, 9.17) is 28.9 Å². The largest absolute Gasteiger partial charge is 0.327 e. The lowest BCUT2D eigenvalue weighted by atomic mass is 9.97. The molecule has 2 N–H and O–H groups in total. The van der Waals surface area contributed by atoms with E-state index in [-0.39, 0.29) is 6.04 Å². The number of hydrogen-bond donors (Lipinski definition) is 1. The lowest BCUT2D eigenvalue weighted by Gasteiger charge is -2.16. The summed E-state index contributed by atoms with van der Waals surface area (Å²) in [6.45, 7) is 4.25. The van der Waals surface area contributed by atoms with E-state index in [9.17, 15) is 0 Å². The first-order chi connectivity index (χ1) is 7.02. The van der Waals surface area contributed by atoms with E-state index in [1.54, 1.807) is 0 Å². The van der Waals surface area contributed by atoms with Gasteiger partial charge in [-0.15, -0.1) is 0 Å². The second-order valence-corrected chi connectivity index (χ2v) is 4.96. The number of nitrogens with two attached hydrogens (primary N) is 1. The molecule has 1 aromatic carbocycles. The first-order valence-electron chi connectivity index (χ1n) is 5.21. The van der Waals surface area contributed by atoms with Crippen molar-refractivity contribution < 1.29 is 0 Å². The molecule has 0 aromatic heterocycles. The van der Waals surface area contributed by atoms with Gasteiger partial charge in [-0.05, 0) is 36.5 Å². The normalized spacial score (nSPS) is 13.2. The van der Waals surface area contributed by atoms with Crippen LogP contribution in [0.5, 0.6) is 0 Å². The summed E-state index contributed by atoms with van der Waals surface area (Å²) in [5.41, 5.74) is 6.99. The molecule has 1 unspecified atom stereocenters. The Kier molecular flexibility index (Phi) is 4.91. The van der Waals surface area contributed by atoms with Crippen molar-refractivity contribution in [3.8, 4) is 0 Å². The molecule has 1 atom stereocenters. The molecule has 1 nitrogen and oxygen atoms in total. The van der Waals surface area contributed by atoms with E-state index < -0.39 is 0 Å². The van der Waals surface area contributed by atoms with Crippen molar-refractivity contribution in [1.29, 1.82) is 0 Å². The van der Waals surface area contributed by atoms with E-state index in [1.165, 1.54) is 0 Å². The predicted molar refractivity (Wildman–Crippen MR) is 67.6 cm³/mol. The van der Waals surface area contributed by atoms with Gasteiger partial charge in [0, 0.05) is 16.1 Å². The maximum atomic E-state index is 6.07. The van der Waals surface area contributed by atoms with Crippen LogP contribution in [0.3, 0.4) is 0 Å². The monoisotopic (exact) mass is 245 g/mol. The number of benzene rings is 1. The van der Waals surface area contributed by atoms with Gasteiger partial charge in [-0.25, -0.2) is 0 Å². The van der Waals surface area contributed by atoms with Gasteiger partial charge in [0.1, 0.15) is 0 Å². The molecule has 1 aromatic rings. The summed E-state index contributed by atoms with van der Waals surface area (Å²) in [7, 11) is 0. The summed E-state index contributed by atoms with van der Waals surface area (Å²) >= 11 is 12.1. The molecule has 0 heterocycles. The quantitative estimate of drug-likeness (QED) is 0.856. The molecule has 0 aliphatic heterocycles. The van der Waals surface area contributed by atoms with Crippen LogP contribution in [0.4, 0.5) is 0 Å². The summed E-state index contributed by atoms with van der Waals surface area (Å²) in [5.74, 6) is 0.492. The second kappa shape index (κ2) is 5.74. The Labute approximate surface area is 102 Å². The molecule has 0 aliphatic carbocycles. The highest BCUT2D eigenvalue weighted by Crippen LogP contribution is 2.26. The van der Waals surface area contributed by atoms with E-state index >= 15 is 0 Å². The van der Waals surface area contributed by atoms with Crippen molar-refractivity contribution in [2.24, 2.45) is 11.7 Å². The van der Waals surface area contributed by atoms with Crippen LogP contribution in [0.15, 0.2) is 18.2 Å². The van der Waals surface area contributed by atoms with Gasteiger partial charge in [0.15, 0.2) is 0 Å². The van der Waals surface area contributed by atoms with Crippen molar-refractivity contribution in [3.63, 3.8) is 0 Å². The maximum Gasteiger partial charge on any atom is 0.0452 e. The molecule has 0 fully saturated rings. The minimum atomic E-state index is 0.206. The average molecular weight is 246 g/mol. The molecule has 84 valence electrons. The van der Waals surface area contributed by atoms with Gasteiger partial charge in [-0.3, -0.25) is 0 Å². The van der Waals surface area contributed by atoms with E-state index in [0.29, 0.717) is 5.92 Å². The van der Waals surface area contributed by atoms with Crippen molar-refractivity contribution in [1.82, 2.24) is 0 Å². The van der Waals surface area contributed by atoms with Crippen molar-refractivity contribution in [3.05, 3.63) is 33.8 Å². The summed E-state index contributed by atoms with van der Waals surface area (Å²) < 4.78 is 0. The Morgan fingerprint density at radius 2 is 1.73 bits per heavy atom. The highest BCUT2D eigenvalue weighted by Gasteiger charge is 2.10. The molecule has 1 rings (SSSR count). The minimum absolute atomic E-state index is 0.206. The standard InChI is InChI=1S/C12H17Cl2N/c1-8(2)12(15)7-6-9-10(13)4-3-5-11(9)14/h3-5,8,12H,6-7,15H2,1-2H3. The molecule has 0 amide bonds. The molecule has 0 radical (unpaired) electrons. The number of rotatable bonds is 4. The molecular formula is C12H17Cl2N. The third kappa shape index (κ3) is 3.67. The van der Waals surface area contributed by atoms with Crippen molar-refractivity contribution in [2.75, 3.05) is 0 Å². The Morgan fingerprint density at radius 3 is 2.20 bits per heavy atom. The zero-order valence-corrected chi connectivity index (χ0v) is 10.6. The van der Waals surface area contributed by atoms with Crippen LogP contribution >= 0.6 is 23.2 Å². The first kappa shape index (κ1) is 12.8. The Bertz CT molecular complexity index is 303. The third-order valence-electron chi connectivity index (χ3n) is 2.65. The predicted octanol–water partition coefficient (Wildman–Crippen LogP) is 3.91. The lowest BCUT2D eigenvalue weighted by Crippen LogP contribution is -2.26. The van der Waals surface area contributed by atoms with Gasteiger partial charge in [0.05, 0.1) is 0 Å². The summed E-state index contributed by atoms with van der Waals surface area (Å²) in [6.07, 6.45) is 1.76. The Balaban J connectivity index is 2.65. The van der Waals surface area contributed by atoms with E-state index in [0.717, 1.165) is 28.5 Å². The highest BCUT2D eigenvalue weighted by atomic mass is 35.5. The lowest BCUT2D eigenvalue weighted by molar-refractivity contribution is 0.464. The van der Waals surface area contributed by atoms with Crippen LogP contribution in [0.1, 0.15) is 25.8 Å². The zero-order chi connectivity index (χ0) is 11.4. The molecule has 3 heteroatoms. The van der Waals surface area contributed by atoms with Gasteiger partial charge >= 0.3 is 0 Å². The van der Waals surface area contributed by atoms with Gasteiger partial charge in [0.25, 0.3) is 0 Å². The SMILES string of the molecule is CC(C)C(N)CCc1c(Cl)cccc1Cl. The van der Waals surface area contributed by atoms with Crippen molar-refractivity contribution in [2.45, 2.75) is 32.7 Å². The van der Waals surface area contributed by atoms with Gasteiger partial charge in [0.2, 0.25) is 0 Å². The average Bonchev–Trinajstić information content (AvgIpc) is 2.16. The van der Waals surface area contributed by atoms with Crippen LogP contribution in [0.2, 0.25) is 10.0 Å². The van der Waals surface area contributed by atoms with Crippen LogP contribution in [0, 0.1) is 5.92 Å². The zero-order valence-electron chi connectivity index (χ0n) is 9.13. The van der Waals surface area contributed by atoms with Crippen LogP contribution in [-0.4, -0.2) is 6.04 Å². The molecule has 15 heavy (non-hydrogen) atoms. The van der Waals surface area contributed by atoms with E-state index in [1.807, 2.05) is 18.2 Å². The number of hydrogen-bond acceptors (Lipinski definition) is 1. The minimum Gasteiger partial charge on any atom is -0.327 e. The summed E-state index contributed by atoms with van der Waals surface area (Å²) in [4.78, 5) is 0. The fourth-order valence-corrected chi connectivity index (χ4v) is 2.00. The topological polar surface area (TPSA) is 26.0 Å². The summed E-state index contributed by atoms with van der Waals surface area (Å²) in [5, 5.41) is 1.47. The van der Waals surface area contributed by atoms with Gasteiger partial charge in [-0.2, -0.15) is 0 Å². The van der Waals surface area contributed by atoms with Crippen molar-refractivity contribution >= 4 is 23.2 Å². The van der Waals surface area contributed by atoms with Crippen LogP contribution in [0.25, 0.3) is 0 Å². The Hall–Kier alpha value is -0.240. The van der Waals surface area contributed by atoms with Gasteiger partial charge < -0.3 is 5.73 Å². The molecule has 0 spiro atoms. The second-order valence-electron chi connectivity index (χ2n) is 4.15. The fourth-order valence-electron chi connectivity index (χ4n) is 1.42.